The monoisotopic (exact) mass is 477 g/mol. The average molecular weight is 478 g/mol. The minimum absolute atomic E-state index is 0.0908. The Morgan fingerprint density at radius 2 is 1.75 bits per heavy atom. The number of hydrogen-bond acceptors (Lipinski definition) is 4. The van der Waals surface area contributed by atoms with E-state index in [2.05, 4.69) is 10.6 Å². The van der Waals surface area contributed by atoms with Crippen LogP contribution in [0.5, 0.6) is 0 Å². The Bertz CT molecular complexity index is 1090. The second kappa shape index (κ2) is 10.5. The van der Waals surface area contributed by atoms with Crippen LogP contribution in [0.3, 0.4) is 0 Å². The van der Waals surface area contributed by atoms with Crippen LogP contribution in [-0.4, -0.2) is 50.2 Å². The highest BCUT2D eigenvalue weighted by Crippen LogP contribution is 2.28. The molecule has 2 aromatic rings. The van der Waals surface area contributed by atoms with Crippen molar-refractivity contribution in [3.63, 3.8) is 0 Å². The quantitative estimate of drug-likeness (QED) is 0.599. The van der Waals surface area contributed by atoms with Crippen molar-refractivity contribution in [1.29, 1.82) is 0 Å². The lowest BCUT2D eigenvalue weighted by Gasteiger charge is -2.25. The molecule has 1 heterocycles. The van der Waals surface area contributed by atoms with E-state index in [1.807, 2.05) is 25.1 Å². The summed E-state index contributed by atoms with van der Waals surface area (Å²) in [4.78, 5) is 24.6. The molecule has 0 bridgehead atoms. The maximum Gasteiger partial charge on any atom is 0.309 e. The van der Waals surface area contributed by atoms with Crippen molar-refractivity contribution < 1.29 is 18.0 Å². The zero-order chi connectivity index (χ0) is 23.3. The van der Waals surface area contributed by atoms with E-state index in [0.29, 0.717) is 42.9 Å². The molecule has 2 aromatic carbocycles. The number of carbonyl (C=O) groups excluding carboxylic acids is 2. The Balaban J connectivity index is 1.53. The van der Waals surface area contributed by atoms with Crippen molar-refractivity contribution in [2.24, 2.45) is 0 Å². The van der Waals surface area contributed by atoms with Gasteiger partial charge in [-0.2, -0.15) is 4.31 Å². The van der Waals surface area contributed by atoms with Crippen LogP contribution in [0.25, 0.3) is 0 Å². The summed E-state index contributed by atoms with van der Waals surface area (Å²) in [7, 11) is -3.69. The lowest BCUT2D eigenvalue weighted by molar-refractivity contribution is -0.139. The van der Waals surface area contributed by atoms with Crippen molar-refractivity contribution in [3.8, 4) is 0 Å². The highest BCUT2D eigenvalue weighted by molar-refractivity contribution is 7.89. The second-order valence-electron chi connectivity index (χ2n) is 8.02. The Labute approximate surface area is 194 Å². The predicted octanol–water partition coefficient (Wildman–Crippen LogP) is 2.59. The van der Waals surface area contributed by atoms with Gasteiger partial charge in [-0.3, -0.25) is 9.59 Å². The highest BCUT2D eigenvalue weighted by Gasteiger charge is 2.36. The van der Waals surface area contributed by atoms with E-state index in [9.17, 15) is 18.0 Å². The normalized spacial score (nSPS) is 16.7. The van der Waals surface area contributed by atoms with Gasteiger partial charge in [-0.25, -0.2) is 8.42 Å². The lowest BCUT2D eigenvalue weighted by atomic mass is 10.1. The fraction of sp³-hybridized carbons (Fsp3) is 0.391. The lowest BCUT2D eigenvalue weighted by Crippen LogP contribution is -2.47. The van der Waals surface area contributed by atoms with Crippen LogP contribution >= 0.6 is 11.6 Å². The summed E-state index contributed by atoms with van der Waals surface area (Å²) in [5.74, 6) is -1.50. The summed E-state index contributed by atoms with van der Waals surface area (Å²) in [6.07, 6.45) is 1.90. The Hall–Kier alpha value is -2.42. The molecule has 32 heavy (non-hydrogen) atoms. The summed E-state index contributed by atoms with van der Waals surface area (Å²) in [6, 6.07) is 12.2. The molecule has 172 valence electrons. The Morgan fingerprint density at radius 1 is 1.06 bits per heavy atom. The van der Waals surface area contributed by atoms with Crippen LogP contribution < -0.4 is 10.6 Å². The Morgan fingerprint density at radius 3 is 2.47 bits per heavy atom. The second-order valence-corrected chi connectivity index (χ2v) is 10.3. The van der Waals surface area contributed by atoms with Gasteiger partial charge in [0.2, 0.25) is 10.0 Å². The van der Waals surface area contributed by atoms with E-state index in [4.69, 9.17) is 11.6 Å². The fourth-order valence-corrected chi connectivity index (χ4v) is 5.91. The number of aryl methyl sites for hydroxylation is 2. The summed E-state index contributed by atoms with van der Waals surface area (Å²) in [5, 5.41) is 5.81. The van der Waals surface area contributed by atoms with Gasteiger partial charge in [0.1, 0.15) is 0 Å². The van der Waals surface area contributed by atoms with Crippen LogP contribution in [0, 0.1) is 13.8 Å². The van der Waals surface area contributed by atoms with Gasteiger partial charge >= 0.3 is 11.8 Å². The number of amides is 2. The van der Waals surface area contributed by atoms with E-state index >= 15 is 0 Å². The summed E-state index contributed by atoms with van der Waals surface area (Å²) in [6.45, 7) is 4.42. The highest BCUT2D eigenvalue weighted by atomic mass is 35.5. The summed E-state index contributed by atoms with van der Waals surface area (Å²) < 4.78 is 27.9. The minimum Gasteiger partial charge on any atom is -0.348 e. The molecule has 1 fully saturated rings. The first-order valence-corrected chi connectivity index (χ1v) is 12.4. The first-order chi connectivity index (χ1) is 15.2. The molecule has 0 unspecified atom stereocenters. The Kier molecular flexibility index (Phi) is 7.92. The molecule has 1 saturated heterocycles. The van der Waals surface area contributed by atoms with Gasteiger partial charge < -0.3 is 10.6 Å². The third kappa shape index (κ3) is 5.88. The van der Waals surface area contributed by atoms with Crippen molar-refractivity contribution in [2.45, 2.75) is 44.0 Å². The van der Waals surface area contributed by atoms with Crippen molar-refractivity contribution in [2.75, 3.05) is 19.6 Å². The topological polar surface area (TPSA) is 95.6 Å². The number of benzene rings is 2. The molecule has 1 aliphatic rings. The molecular formula is C23H28ClN3O4S. The molecule has 1 atom stereocenters. The third-order valence-corrected chi connectivity index (χ3v) is 7.92. The zero-order valence-electron chi connectivity index (χ0n) is 18.2. The van der Waals surface area contributed by atoms with Gasteiger partial charge in [-0.1, -0.05) is 35.9 Å². The molecular weight excluding hydrogens is 450 g/mol. The van der Waals surface area contributed by atoms with Crippen LogP contribution in [0.2, 0.25) is 5.02 Å². The maximum absolute atomic E-state index is 13.2. The van der Waals surface area contributed by atoms with E-state index < -0.39 is 21.8 Å². The van der Waals surface area contributed by atoms with E-state index in [1.165, 1.54) is 4.31 Å². The molecule has 0 radical (unpaired) electrons. The predicted molar refractivity (Wildman–Crippen MR) is 124 cm³/mol. The van der Waals surface area contributed by atoms with Crippen molar-refractivity contribution in [1.82, 2.24) is 14.9 Å². The maximum atomic E-state index is 13.2. The van der Waals surface area contributed by atoms with Crippen molar-refractivity contribution >= 4 is 33.4 Å². The minimum atomic E-state index is -3.69. The van der Waals surface area contributed by atoms with Crippen LogP contribution in [0.15, 0.2) is 47.4 Å². The van der Waals surface area contributed by atoms with Gasteiger partial charge in [-0.15, -0.1) is 0 Å². The van der Waals surface area contributed by atoms with Gasteiger partial charge in [0.05, 0.1) is 4.90 Å². The van der Waals surface area contributed by atoms with Crippen LogP contribution in [-0.2, 0) is 26.0 Å². The first kappa shape index (κ1) is 24.2. The van der Waals surface area contributed by atoms with Gasteiger partial charge in [-0.05, 0) is 68.0 Å². The smallest absolute Gasteiger partial charge is 0.309 e. The standard InChI is InChI=1S/C23H28ClN3O4S/c1-16-5-6-17(2)21(14-16)32(30,31)27-13-3-4-20(27)15-26-23(29)22(28)25-12-11-18-7-9-19(24)10-8-18/h5-10,14,20H,3-4,11-13,15H2,1-2H3,(H,25,28)(H,26,29)/t20-/m1/s1. The summed E-state index contributed by atoms with van der Waals surface area (Å²) >= 11 is 5.85. The molecule has 3 rings (SSSR count). The third-order valence-electron chi connectivity index (χ3n) is 5.57. The molecule has 7 nitrogen and oxygen atoms in total. The van der Waals surface area contributed by atoms with Crippen LogP contribution in [0.1, 0.15) is 29.5 Å². The van der Waals surface area contributed by atoms with Gasteiger partial charge in [0.15, 0.2) is 0 Å². The molecule has 0 spiro atoms. The number of halogens is 1. The number of carbonyl (C=O) groups is 2. The largest absolute Gasteiger partial charge is 0.348 e. The molecule has 0 saturated carbocycles. The summed E-state index contributed by atoms with van der Waals surface area (Å²) in [5.41, 5.74) is 2.55. The number of nitrogens with zero attached hydrogens (tertiary/aromatic N) is 1. The van der Waals surface area contributed by atoms with Gasteiger partial charge in [0.25, 0.3) is 0 Å². The van der Waals surface area contributed by atoms with Gasteiger partial charge in [0, 0.05) is 30.7 Å². The SMILES string of the molecule is Cc1ccc(C)c(S(=O)(=O)N2CCC[C@@H]2CNC(=O)C(=O)NCCc2ccc(Cl)cc2)c1. The first-order valence-electron chi connectivity index (χ1n) is 10.6. The molecule has 0 aliphatic carbocycles. The van der Waals surface area contributed by atoms with Crippen LogP contribution in [0.4, 0.5) is 0 Å². The number of rotatable bonds is 7. The van der Waals surface area contributed by atoms with E-state index in [0.717, 1.165) is 11.1 Å². The molecule has 2 amide bonds. The van der Waals surface area contributed by atoms with E-state index in [1.54, 1.807) is 31.2 Å². The number of nitrogens with one attached hydrogen (secondary N) is 2. The molecule has 2 N–H and O–H groups in total. The molecule has 0 aromatic heterocycles. The zero-order valence-corrected chi connectivity index (χ0v) is 19.8. The number of hydrogen-bond donors (Lipinski definition) is 2. The number of sulfonamides is 1. The molecule has 1 aliphatic heterocycles. The van der Waals surface area contributed by atoms with Crippen molar-refractivity contribution in [3.05, 3.63) is 64.2 Å². The average Bonchev–Trinajstić information content (AvgIpc) is 3.24. The molecule has 9 heteroatoms. The fourth-order valence-electron chi connectivity index (χ4n) is 3.78. The van der Waals surface area contributed by atoms with E-state index in [-0.39, 0.29) is 17.5 Å².